The molecule has 0 aromatic rings. The van der Waals surface area contributed by atoms with Gasteiger partial charge in [0.25, 0.3) is 0 Å². The molecule has 0 heterocycles. The predicted octanol–water partition coefficient (Wildman–Crippen LogP) is 1.83. The van der Waals surface area contributed by atoms with Gasteiger partial charge in [-0.25, -0.2) is 0 Å². The maximum atomic E-state index is 5.82. The SMILES string of the molecule is C/C=C1\CCCC[C@H]1N. The highest BCUT2D eigenvalue weighted by Crippen LogP contribution is 2.21. The number of hydrogen-bond acceptors (Lipinski definition) is 1. The largest absolute Gasteiger partial charge is 0.324 e. The summed E-state index contributed by atoms with van der Waals surface area (Å²) in [4.78, 5) is 0. The molecule has 0 aromatic carbocycles. The normalized spacial score (nSPS) is 33.1. The minimum Gasteiger partial charge on any atom is -0.324 e. The highest BCUT2D eigenvalue weighted by atomic mass is 14.6. The first-order valence-electron chi connectivity index (χ1n) is 3.75. The van der Waals surface area contributed by atoms with Crippen LogP contribution in [0.4, 0.5) is 0 Å². The van der Waals surface area contributed by atoms with E-state index < -0.39 is 0 Å². The summed E-state index contributed by atoms with van der Waals surface area (Å²) in [5.74, 6) is 0. The summed E-state index contributed by atoms with van der Waals surface area (Å²) in [7, 11) is 0. The van der Waals surface area contributed by atoms with E-state index >= 15 is 0 Å². The fraction of sp³-hybridized carbons (Fsp3) is 0.750. The van der Waals surface area contributed by atoms with E-state index in [0.29, 0.717) is 6.04 Å². The Morgan fingerprint density at radius 2 is 2.33 bits per heavy atom. The molecule has 1 rings (SSSR count). The highest BCUT2D eigenvalue weighted by molar-refractivity contribution is 5.10. The highest BCUT2D eigenvalue weighted by Gasteiger charge is 2.12. The second kappa shape index (κ2) is 3.02. The van der Waals surface area contributed by atoms with Crippen LogP contribution >= 0.6 is 0 Å². The Morgan fingerprint density at radius 3 is 2.78 bits per heavy atom. The lowest BCUT2D eigenvalue weighted by Gasteiger charge is -2.20. The molecule has 0 amide bonds. The van der Waals surface area contributed by atoms with Crippen LogP contribution in [-0.4, -0.2) is 6.04 Å². The smallest absolute Gasteiger partial charge is 0.0253 e. The minimum atomic E-state index is 0.378. The molecule has 1 aliphatic rings. The van der Waals surface area contributed by atoms with Crippen molar-refractivity contribution in [1.82, 2.24) is 0 Å². The second-order valence-corrected chi connectivity index (χ2v) is 2.72. The summed E-state index contributed by atoms with van der Waals surface area (Å²) in [6, 6.07) is 0.378. The molecule has 2 N–H and O–H groups in total. The minimum absolute atomic E-state index is 0.378. The lowest BCUT2D eigenvalue weighted by Crippen LogP contribution is -2.25. The average Bonchev–Trinajstić information content (AvgIpc) is 1.89. The van der Waals surface area contributed by atoms with Crippen molar-refractivity contribution in [3.05, 3.63) is 11.6 Å². The van der Waals surface area contributed by atoms with Crippen LogP contribution in [0, 0.1) is 0 Å². The zero-order chi connectivity index (χ0) is 6.69. The van der Waals surface area contributed by atoms with Gasteiger partial charge in [-0.05, 0) is 26.2 Å². The lowest BCUT2D eigenvalue weighted by molar-refractivity contribution is 0.535. The van der Waals surface area contributed by atoms with Crippen LogP contribution in [0.3, 0.4) is 0 Å². The number of rotatable bonds is 0. The van der Waals surface area contributed by atoms with E-state index in [-0.39, 0.29) is 0 Å². The zero-order valence-electron chi connectivity index (χ0n) is 6.06. The van der Waals surface area contributed by atoms with E-state index in [2.05, 4.69) is 13.0 Å². The lowest BCUT2D eigenvalue weighted by atomic mass is 9.91. The van der Waals surface area contributed by atoms with Gasteiger partial charge in [-0.3, -0.25) is 0 Å². The van der Waals surface area contributed by atoms with E-state index in [1.54, 1.807) is 0 Å². The molecule has 1 fully saturated rings. The van der Waals surface area contributed by atoms with Gasteiger partial charge in [-0.1, -0.05) is 18.1 Å². The molecular weight excluding hydrogens is 110 g/mol. The summed E-state index contributed by atoms with van der Waals surface area (Å²) < 4.78 is 0. The molecular formula is C8H15N. The van der Waals surface area contributed by atoms with Crippen LogP contribution in [0.25, 0.3) is 0 Å². The van der Waals surface area contributed by atoms with Gasteiger partial charge in [0.05, 0.1) is 0 Å². The van der Waals surface area contributed by atoms with Gasteiger partial charge in [0.15, 0.2) is 0 Å². The summed E-state index contributed by atoms with van der Waals surface area (Å²) in [6.45, 7) is 2.08. The van der Waals surface area contributed by atoms with E-state index in [9.17, 15) is 0 Å². The Kier molecular flexibility index (Phi) is 2.29. The average molecular weight is 125 g/mol. The molecule has 0 radical (unpaired) electrons. The van der Waals surface area contributed by atoms with Crippen molar-refractivity contribution in [2.75, 3.05) is 0 Å². The fourth-order valence-corrected chi connectivity index (χ4v) is 1.42. The first-order chi connectivity index (χ1) is 4.34. The van der Waals surface area contributed by atoms with Crippen molar-refractivity contribution < 1.29 is 0 Å². The number of allylic oxidation sites excluding steroid dienone is 1. The third kappa shape index (κ3) is 1.55. The third-order valence-corrected chi connectivity index (χ3v) is 2.08. The maximum Gasteiger partial charge on any atom is 0.0253 e. The third-order valence-electron chi connectivity index (χ3n) is 2.08. The number of hydrogen-bond donors (Lipinski definition) is 1. The van der Waals surface area contributed by atoms with Crippen molar-refractivity contribution >= 4 is 0 Å². The van der Waals surface area contributed by atoms with Gasteiger partial charge in [0.1, 0.15) is 0 Å². The second-order valence-electron chi connectivity index (χ2n) is 2.72. The Balaban J connectivity index is 2.49. The fourth-order valence-electron chi connectivity index (χ4n) is 1.42. The standard InChI is InChI=1S/C8H15N/c1-2-7-5-3-4-6-8(7)9/h2,8H,3-6,9H2,1H3/b7-2+/t8-/m1/s1. The van der Waals surface area contributed by atoms with Gasteiger partial charge >= 0.3 is 0 Å². The van der Waals surface area contributed by atoms with Gasteiger partial charge in [-0.15, -0.1) is 0 Å². The summed E-state index contributed by atoms with van der Waals surface area (Å²) >= 11 is 0. The Morgan fingerprint density at radius 1 is 1.56 bits per heavy atom. The van der Waals surface area contributed by atoms with Crippen LogP contribution < -0.4 is 5.73 Å². The van der Waals surface area contributed by atoms with Gasteiger partial charge in [0, 0.05) is 6.04 Å². The Hall–Kier alpha value is -0.300. The van der Waals surface area contributed by atoms with Crippen molar-refractivity contribution in [1.29, 1.82) is 0 Å². The van der Waals surface area contributed by atoms with Crippen molar-refractivity contribution in [3.8, 4) is 0 Å². The molecule has 9 heavy (non-hydrogen) atoms. The molecule has 0 bridgehead atoms. The zero-order valence-corrected chi connectivity index (χ0v) is 6.06. The van der Waals surface area contributed by atoms with Crippen LogP contribution in [0.15, 0.2) is 11.6 Å². The van der Waals surface area contributed by atoms with Gasteiger partial charge in [0.2, 0.25) is 0 Å². The topological polar surface area (TPSA) is 26.0 Å². The van der Waals surface area contributed by atoms with Crippen molar-refractivity contribution in [2.45, 2.75) is 38.6 Å². The van der Waals surface area contributed by atoms with Crippen LogP contribution in [-0.2, 0) is 0 Å². The molecule has 0 unspecified atom stereocenters. The van der Waals surface area contributed by atoms with E-state index in [1.165, 1.54) is 31.3 Å². The molecule has 1 heteroatoms. The van der Waals surface area contributed by atoms with Crippen molar-refractivity contribution in [3.63, 3.8) is 0 Å². The quantitative estimate of drug-likeness (QED) is 0.491. The monoisotopic (exact) mass is 125 g/mol. The maximum absolute atomic E-state index is 5.82. The molecule has 0 saturated heterocycles. The van der Waals surface area contributed by atoms with Crippen LogP contribution in [0.5, 0.6) is 0 Å². The predicted molar refractivity (Wildman–Crippen MR) is 40.2 cm³/mol. The molecule has 52 valence electrons. The molecule has 1 saturated carbocycles. The molecule has 1 atom stereocenters. The first-order valence-corrected chi connectivity index (χ1v) is 3.75. The molecule has 1 nitrogen and oxygen atoms in total. The molecule has 0 aromatic heterocycles. The Labute approximate surface area is 56.9 Å². The van der Waals surface area contributed by atoms with E-state index in [1.807, 2.05) is 0 Å². The van der Waals surface area contributed by atoms with Crippen LogP contribution in [0.2, 0.25) is 0 Å². The molecule has 0 aliphatic heterocycles. The van der Waals surface area contributed by atoms with E-state index in [4.69, 9.17) is 5.73 Å². The summed E-state index contributed by atoms with van der Waals surface area (Å²) in [5.41, 5.74) is 7.28. The number of nitrogens with two attached hydrogens (primary N) is 1. The summed E-state index contributed by atoms with van der Waals surface area (Å²) in [5, 5.41) is 0. The van der Waals surface area contributed by atoms with Gasteiger partial charge in [-0.2, -0.15) is 0 Å². The summed E-state index contributed by atoms with van der Waals surface area (Å²) in [6.07, 6.45) is 7.26. The van der Waals surface area contributed by atoms with Crippen molar-refractivity contribution in [2.24, 2.45) is 5.73 Å². The van der Waals surface area contributed by atoms with E-state index in [0.717, 1.165) is 0 Å². The molecule has 1 aliphatic carbocycles. The first kappa shape index (κ1) is 6.81. The molecule has 0 spiro atoms. The van der Waals surface area contributed by atoms with Gasteiger partial charge < -0.3 is 5.73 Å². The van der Waals surface area contributed by atoms with Crippen LogP contribution in [0.1, 0.15) is 32.6 Å². The Bertz CT molecular complexity index is 116.